The second kappa shape index (κ2) is 7.65. The smallest absolute Gasteiger partial charge is 0.306 e. The molecule has 3 rings (SSSR count). The molecule has 0 fully saturated rings. The molecule has 1 aromatic carbocycles. The Hall–Kier alpha value is -2.80. The molecule has 0 atom stereocenters. The maximum absolute atomic E-state index is 11.8. The first-order valence-electron chi connectivity index (χ1n) is 7.33. The molecule has 0 saturated heterocycles. The zero-order valence-electron chi connectivity index (χ0n) is 12.7. The van der Waals surface area contributed by atoms with Crippen LogP contribution in [0.2, 0.25) is 0 Å². The summed E-state index contributed by atoms with van der Waals surface area (Å²) in [5, 5.41) is 5.67. The van der Waals surface area contributed by atoms with Crippen molar-refractivity contribution in [1.82, 2.24) is 10.1 Å². The fraction of sp³-hybridized carbons (Fsp3) is 0.176. The number of ketones is 1. The summed E-state index contributed by atoms with van der Waals surface area (Å²) in [7, 11) is 0. The highest BCUT2D eigenvalue weighted by molar-refractivity contribution is 7.12. The Morgan fingerprint density at radius 1 is 1.08 bits per heavy atom. The normalized spacial score (nSPS) is 10.5. The van der Waals surface area contributed by atoms with Crippen molar-refractivity contribution in [3.63, 3.8) is 0 Å². The predicted molar refractivity (Wildman–Crippen MR) is 87.4 cm³/mol. The second-order valence-corrected chi connectivity index (χ2v) is 5.89. The molecule has 0 bridgehead atoms. The minimum Gasteiger partial charge on any atom is -0.456 e. The van der Waals surface area contributed by atoms with Gasteiger partial charge in [0.1, 0.15) is 0 Å². The van der Waals surface area contributed by atoms with Crippen molar-refractivity contribution in [3.05, 3.63) is 58.6 Å². The fourth-order valence-electron chi connectivity index (χ4n) is 2.01. The highest BCUT2D eigenvalue weighted by Crippen LogP contribution is 2.16. The van der Waals surface area contributed by atoms with Crippen LogP contribution in [0, 0.1) is 0 Å². The zero-order valence-corrected chi connectivity index (χ0v) is 13.5. The summed E-state index contributed by atoms with van der Waals surface area (Å²) < 4.78 is 10.1. The van der Waals surface area contributed by atoms with E-state index >= 15 is 0 Å². The number of carbonyl (C=O) groups excluding carboxylic acids is 2. The molecule has 0 spiro atoms. The molecule has 2 heterocycles. The number of aromatic nitrogens is 2. The van der Waals surface area contributed by atoms with Gasteiger partial charge in [-0.1, -0.05) is 41.6 Å². The third kappa shape index (κ3) is 4.14. The van der Waals surface area contributed by atoms with E-state index in [2.05, 4.69) is 10.1 Å². The van der Waals surface area contributed by atoms with Gasteiger partial charge < -0.3 is 9.26 Å². The van der Waals surface area contributed by atoms with Crippen LogP contribution in [0.1, 0.15) is 28.4 Å². The first-order chi connectivity index (χ1) is 11.7. The topological polar surface area (TPSA) is 82.3 Å². The van der Waals surface area contributed by atoms with Gasteiger partial charge in [-0.25, -0.2) is 0 Å². The van der Waals surface area contributed by atoms with E-state index in [4.69, 9.17) is 9.26 Å². The van der Waals surface area contributed by atoms with Crippen LogP contribution >= 0.6 is 11.3 Å². The van der Waals surface area contributed by atoms with E-state index in [9.17, 15) is 9.59 Å². The van der Waals surface area contributed by atoms with E-state index in [-0.39, 0.29) is 31.1 Å². The second-order valence-electron chi connectivity index (χ2n) is 4.94. The Balaban J connectivity index is 1.46. The highest BCUT2D eigenvalue weighted by Gasteiger charge is 2.13. The van der Waals surface area contributed by atoms with Crippen LogP contribution < -0.4 is 0 Å². The summed E-state index contributed by atoms with van der Waals surface area (Å²) in [6.45, 7) is -0.105. The number of Topliss-reactive ketones (excluding diaryl/α,β-unsaturated/α-hetero) is 1. The summed E-state index contributed by atoms with van der Waals surface area (Å²) in [5.41, 5.74) is 0.820. The lowest BCUT2D eigenvalue weighted by molar-refractivity contribution is -0.145. The monoisotopic (exact) mass is 342 g/mol. The average Bonchev–Trinajstić information content (AvgIpc) is 3.30. The molecule has 6 nitrogen and oxygen atoms in total. The van der Waals surface area contributed by atoms with Crippen molar-refractivity contribution in [3.8, 4) is 11.4 Å². The van der Waals surface area contributed by atoms with Crippen LogP contribution in [0.3, 0.4) is 0 Å². The molecule has 3 aromatic rings. The number of carbonyl (C=O) groups is 2. The molecule has 0 unspecified atom stereocenters. The van der Waals surface area contributed by atoms with Gasteiger partial charge in [0.2, 0.25) is 5.82 Å². The third-order valence-corrected chi connectivity index (χ3v) is 4.12. The van der Waals surface area contributed by atoms with Crippen LogP contribution in [0.4, 0.5) is 0 Å². The van der Waals surface area contributed by atoms with Crippen molar-refractivity contribution in [2.24, 2.45) is 0 Å². The quantitative estimate of drug-likeness (QED) is 0.483. The Bertz CT molecular complexity index is 812. The van der Waals surface area contributed by atoms with E-state index in [0.29, 0.717) is 10.7 Å². The summed E-state index contributed by atoms with van der Waals surface area (Å²) in [5.74, 6) is 0.117. The molecule has 0 aliphatic heterocycles. The number of benzene rings is 1. The van der Waals surface area contributed by atoms with E-state index < -0.39 is 5.97 Å². The summed E-state index contributed by atoms with van der Waals surface area (Å²) >= 11 is 1.36. The molecule has 24 heavy (non-hydrogen) atoms. The lowest BCUT2D eigenvalue weighted by atomic mass is 10.2. The molecular formula is C17H14N2O4S. The van der Waals surface area contributed by atoms with Gasteiger partial charge in [-0.05, 0) is 11.4 Å². The lowest BCUT2D eigenvalue weighted by Gasteiger charge is -2.00. The average molecular weight is 342 g/mol. The number of hydrogen-bond acceptors (Lipinski definition) is 7. The summed E-state index contributed by atoms with van der Waals surface area (Å²) in [6.07, 6.45) is 0.148. The maximum Gasteiger partial charge on any atom is 0.306 e. The number of nitrogens with zero attached hydrogens (tertiary/aromatic N) is 2. The van der Waals surface area contributed by atoms with Gasteiger partial charge in [-0.2, -0.15) is 4.98 Å². The highest BCUT2D eigenvalue weighted by atomic mass is 32.1. The third-order valence-electron chi connectivity index (χ3n) is 3.21. The van der Waals surface area contributed by atoms with Gasteiger partial charge in [-0.3, -0.25) is 9.59 Å². The Kier molecular flexibility index (Phi) is 5.12. The Labute approximate surface area is 142 Å². The van der Waals surface area contributed by atoms with Crippen LogP contribution in [0.15, 0.2) is 52.4 Å². The van der Waals surface area contributed by atoms with Crippen molar-refractivity contribution in [2.75, 3.05) is 0 Å². The molecule has 122 valence electrons. The number of thiophene rings is 1. The van der Waals surface area contributed by atoms with Gasteiger partial charge in [-0.15, -0.1) is 11.3 Å². The number of hydrogen-bond donors (Lipinski definition) is 0. The Morgan fingerprint density at radius 2 is 1.92 bits per heavy atom. The van der Waals surface area contributed by atoms with Crippen LogP contribution in [-0.4, -0.2) is 21.9 Å². The fourth-order valence-corrected chi connectivity index (χ4v) is 2.70. The Morgan fingerprint density at radius 3 is 2.67 bits per heavy atom. The summed E-state index contributed by atoms with van der Waals surface area (Å²) in [4.78, 5) is 28.3. The van der Waals surface area contributed by atoms with Crippen molar-refractivity contribution >= 4 is 23.1 Å². The largest absolute Gasteiger partial charge is 0.456 e. The minimum atomic E-state index is -0.473. The molecular weight excluding hydrogens is 328 g/mol. The predicted octanol–water partition coefficient (Wildman–Crippen LogP) is 3.50. The molecule has 7 heteroatoms. The molecule has 2 aromatic heterocycles. The maximum atomic E-state index is 11.8. The first-order valence-corrected chi connectivity index (χ1v) is 8.20. The van der Waals surface area contributed by atoms with Gasteiger partial charge >= 0.3 is 5.97 Å². The zero-order chi connectivity index (χ0) is 16.8. The minimum absolute atomic E-state index is 0.0242. The van der Waals surface area contributed by atoms with Crippen LogP contribution in [0.5, 0.6) is 0 Å². The van der Waals surface area contributed by atoms with E-state index in [0.717, 1.165) is 5.56 Å². The number of rotatable bonds is 7. The summed E-state index contributed by atoms with van der Waals surface area (Å²) in [6, 6.07) is 12.9. The van der Waals surface area contributed by atoms with Gasteiger partial charge in [0, 0.05) is 12.0 Å². The van der Waals surface area contributed by atoms with Crippen molar-refractivity contribution in [2.45, 2.75) is 19.4 Å². The molecule has 0 aliphatic rings. The lowest BCUT2D eigenvalue weighted by Crippen LogP contribution is -2.07. The van der Waals surface area contributed by atoms with Gasteiger partial charge in [0.25, 0.3) is 5.89 Å². The van der Waals surface area contributed by atoms with Crippen LogP contribution in [0.25, 0.3) is 11.4 Å². The first kappa shape index (κ1) is 16.1. The van der Waals surface area contributed by atoms with Gasteiger partial charge in [0.05, 0.1) is 11.3 Å². The molecule has 0 amide bonds. The van der Waals surface area contributed by atoms with Crippen LogP contribution in [-0.2, 0) is 16.1 Å². The molecule has 0 aliphatic carbocycles. The van der Waals surface area contributed by atoms with Gasteiger partial charge in [0.15, 0.2) is 12.4 Å². The van der Waals surface area contributed by atoms with E-state index in [1.54, 1.807) is 12.1 Å². The SMILES string of the molecule is O=C(CCC(=O)c1cccs1)OCc1nc(-c2ccccc2)no1. The van der Waals surface area contributed by atoms with Crippen molar-refractivity contribution in [1.29, 1.82) is 0 Å². The molecule has 0 N–H and O–H groups in total. The van der Waals surface area contributed by atoms with E-state index in [1.807, 2.05) is 35.7 Å². The standard InChI is InChI=1S/C17H14N2O4S/c20-13(14-7-4-10-24-14)8-9-16(21)22-11-15-18-17(19-23-15)12-5-2-1-3-6-12/h1-7,10H,8-9,11H2. The van der Waals surface area contributed by atoms with E-state index in [1.165, 1.54) is 11.3 Å². The van der Waals surface area contributed by atoms with Crippen molar-refractivity contribution < 1.29 is 18.8 Å². The molecule has 0 radical (unpaired) electrons. The number of ether oxygens (including phenoxy) is 1. The molecule has 0 saturated carbocycles. The number of esters is 1.